The van der Waals surface area contributed by atoms with Gasteiger partial charge in [0.15, 0.2) is 0 Å². The first-order chi connectivity index (χ1) is 12.1. The number of hydrogen-bond acceptors (Lipinski definition) is 3. The van der Waals surface area contributed by atoms with Crippen LogP contribution in [0, 0.1) is 0 Å². The van der Waals surface area contributed by atoms with Crippen molar-refractivity contribution in [3.05, 3.63) is 53.9 Å². The molecule has 132 valence electrons. The predicted octanol–water partition coefficient (Wildman–Crippen LogP) is 5.22. The van der Waals surface area contributed by atoms with Crippen LogP contribution in [0.1, 0.15) is 56.8 Å². The highest BCUT2D eigenvalue weighted by Gasteiger charge is 2.19. The summed E-state index contributed by atoms with van der Waals surface area (Å²) >= 11 is 0. The van der Waals surface area contributed by atoms with E-state index in [1.807, 2.05) is 12.3 Å². The molecule has 0 bridgehead atoms. The van der Waals surface area contributed by atoms with Gasteiger partial charge in [0, 0.05) is 12.2 Å². The first-order valence-corrected chi connectivity index (χ1v) is 8.93. The standard InChI is InChI=1S/C21H26N2O2/c1-4-17-20(24)10-7-11-21(17)25-14-16-8-5-6-9-18(16)19-12-13-22-23(19)15(2)3/h4,7,10-13,15,24H,1,5-6,8-9,14H2,2-3H3. The Morgan fingerprint density at radius 3 is 2.84 bits per heavy atom. The Morgan fingerprint density at radius 1 is 1.28 bits per heavy atom. The molecule has 1 heterocycles. The van der Waals surface area contributed by atoms with Crippen molar-refractivity contribution in [1.29, 1.82) is 0 Å². The van der Waals surface area contributed by atoms with Crippen molar-refractivity contribution in [2.45, 2.75) is 45.6 Å². The molecule has 0 fully saturated rings. The van der Waals surface area contributed by atoms with Crippen LogP contribution < -0.4 is 4.74 Å². The molecule has 0 radical (unpaired) electrons. The van der Waals surface area contributed by atoms with Crippen LogP contribution in [0.15, 0.2) is 42.6 Å². The van der Waals surface area contributed by atoms with Crippen LogP contribution in [0.5, 0.6) is 11.5 Å². The highest BCUT2D eigenvalue weighted by molar-refractivity contribution is 5.68. The second-order valence-electron chi connectivity index (χ2n) is 6.73. The second kappa shape index (κ2) is 7.60. The SMILES string of the molecule is C=Cc1c(O)cccc1OCC1=C(c2ccnn2C(C)C)CCCC1. The van der Waals surface area contributed by atoms with E-state index in [1.54, 1.807) is 18.2 Å². The van der Waals surface area contributed by atoms with Crippen LogP contribution in [-0.2, 0) is 0 Å². The van der Waals surface area contributed by atoms with Crippen molar-refractivity contribution < 1.29 is 9.84 Å². The monoisotopic (exact) mass is 338 g/mol. The topological polar surface area (TPSA) is 47.3 Å². The van der Waals surface area contributed by atoms with Gasteiger partial charge in [-0.1, -0.05) is 18.7 Å². The Kier molecular flexibility index (Phi) is 5.27. The van der Waals surface area contributed by atoms with Crippen molar-refractivity contribution >= 4 is 11.6 Å². The number of benzene rings is 1. The van der Waals surface area contributed by atoms with Gasteiger partial charge in [-0.25, -0.2) is 0 Å². The zero-order valence-electron chi connectivity index (χ0n) is 15.0. The van der Waals surface area contributed by atoms with E-state index in [2.05, 4.69) is 36.3 Å². The van der Waals surface area contributed by atoms with E-state index in [-0.39, 0.29) is 5.75 Å². The molecule has 4 heteroatoms. The number of phenols is 1. The zero-order valence-corrected chi connectivity index (χ0v) is 15.0. The van der Waals surface area contributed by atoms with Gasteiger partial charge in [0.2, 0.25) is 0 Å². The Bertz CT molecular complexity index is 787. The van der Waals surface area contributed by atoms with Crippen molar-refractivity contribution in [2.75, 3.05) is 6.61 Å². The van der Waals surface area contributed by atoms with E-state index in [9.17, 15) is 5.11 Å². The summed E-state index contributed by atoms with van der Waals surface area (Å²) in [6.07, 6.45) is 8.00. The number of hydrogen-bond donors (Lipinski definition) is 1. The minimum atomic E-state index is 0.197. The molecular weight excluding hydrogens is 312 g/mol. The lowest BCUT2D eigenvalue weighted by molar-refractivity contribution is 0.341. The summed E-state index contributed by atoms with van der Waals surface area (Å²) in [5.41, 5.74) is 4.53. The second-order valence-corrected chi connectivity index (χ2v) is 6.73. The van der Waals surface area contributed by atoms with Crippen molar-refractivity contribution in [2.24, 2.45) is 0 Å². The molecule has 1 aromatic heterocycles. The molecular formula is C21H26N2O2. The lowest BCUT2D eigenvalue weighted by Gasteiger charge is -2.23. The van der Waals surface area contributed by atoms with Crippen molar-refractivity contribution in [3.63, 3.8) is 0 Å². The Balaban J connectivity index is 1.89. The fraction of sp³-hybridized carbons (Fsp3) is 0.381. The summed E-state index contributed by atoms with van der Waals surface area (Å²) in [5.74, 6) is 0.869. The molecule has 0 aliphatic heterocycles. The summed E-state index contributed by atoms with van der Waals surface area (Å²) in [6, 6.07) is 7.75. The van der Waals surface area contributed by atoms with Crippen LogP contribution in [0.2, 0.25) is 0 Å². The number of nitrogens with zero attached hydrogens (tertiary/aromatic N) is 2. The smallest absolute Gasteiger partial charge is 0.130 e. The normalized spacial score (nSPS) is 14.8. The third kappa shape index (κ3) is 3.63. The van der Waals surface area contributed by atoms with E-state index in [0.29, 0.717) is 24.0 Å². The van der Waals surface area contributed by atoms with Crippen LogP contribution in [0.25, 0.3) is 11.6 Å². The Morgan fingerprint density at radius 2 is 2.08 bits per heavy atom. The number of aromatic nitrogens is 2. The van der Waals surface area contributed by atoms with Gasteiger partial charge in [0.1, 0.15) is 18.1 Å². The number of phenolic OH excluding ortho intramolecular Hbond substituents is 1. The maximum atomic E-state index is 9.95. The summed E-state index contributed by atoms with van der Waals surface area (Å²) < 4.78 is 8.15. The minimum absolute atomic E-state index is 0.197. The largest absolute Gasteiger partial charge is 0.507 e. The van der Waals surface area contributed by atoms with Crippen molar-refractivity contribution in [1.82, 2.24) is 9.78 Å². The molecule has 0 spiro atoms. The molecule has 3 rings (SSSR count). The van der Waals surface area contributed by atoms with Gasteiger partial charge >= 0.3 is 0 Å². The molecule has 1 N–H and O–H groups in total. The minimum Gasteiger partial charge on any atom is -0.507 e. The van der Waals surface area contributed by atoms with Crippen LogP contribution in [-0.4, -0.2) is 21.5 Å². The van der Waals surface area contributed by atoms with E-state index >= 15 is 0 Å². The Hall–Kier alpha value is -2.49. The first kappa shape index (κ1) is 17.3. The molecule has 1 aliphatic rings. The zero-order chi connectivity index (χ0) is 17.8. The maximum Gasteiger partial charge on any atom is 0.130 e. The molecule has 1 aromatic carbocycles. The van der Waals surface area contributed by atoms with E-state index in [4.69, 9.17) is 4.74 Å². The third-order valence-corrected chi connectivity index (χ3v) is 4.70. The van der Waals surface area contributed by atoms with Gasteiger partial charge in [-0.2, -0.15) is 5.10 Å². The predicted molar refractivity (Wildman–Crippen MR) is 102 cm³/mol. The molecule has 1 aliphatic carbocycles. The number of ether oxygens (including phenoxy) is 1. The summed E-state index contributed by atoms with van der Waals surface area (Å²) in [5, 5.41) is 14.4. The molecule has 0 saturated heterocycles. The summed E-state index contributed by atoms with van der Waals surface area (Å²) in [6.45, 7) is 8.60. The molecule has 25 heavy (non-hydrogen) atoms. The lowest BCUT2D eigenvalue weighted by atomic mass is 9.90. The average molecular weight is 338 g/mol. The van der Waals surface area contributed by atoms with Gasteiger partial charge in [-0.05, 0) is 68.9 Å². The molecule has 4 nitrogen and oxygen atoms in total. The lowest BCUT2D eigenvalue weighted by Crippen LogP contribution is -2.13. The quantitative estimate of drug-likeness (QED) is 0.785. The maximum absolute atomic E-state index is 9.95. The van der Waals surface area contributed by atoms with E-state index in [1.165, 1.54) is 29.7 Å². The van der Waals surface area contributed by atoms with Gasteiger partial charge in [0.25, 0.3) is 0 Å². The highest BCUT2D eigenvalue weighted by atomic mass is 16.5. The number of rotatable bonds is 6. The van der Waals surface area contributed by atoms with Crippen molar-refractivity contribution in [3.8, 4) is 11.5 Å². The van der Waals surface area contributed by atoms with E-state index < -0.39 is 0 Å². The Labute approximate surface area is 149 Å². The van der Waals surface area contributed by atoms with Crippen LogP contribution in [0.4, 0.5) is 0 Å². The highest BCUT2D eigenvalue weighted by Crippen LogP contribution is 2.35. The number of aromatic hydroxyl groups is 1. The number of allylic oxidation sites excluding steroid dienone is 1. The van der Waals surface area contributed by atoms with Gasteiger partial charge in [-0.15, -0.1) is 0 Å². The summed E-state index contributed by atoms with van der Waals surface area (Å²) in [7, 11) is 0. The fourth-order valence-electron chi connectivity index (χ4n) is 3.43. The van der Waals surface area contributed by atoms with E-state index in [0.717, 1.165) is 12.8 Å². The molecule has 0 saturated carbocycles. The average Bonchev–Trinajstić information content (AvgIpc) is 3.10. The van der Waals surface area contributed by atoms with Gasteiger partial charge in [-0.3, -0.25) is 4.68 Å². The summed E-state index contributed by atoms with van der Waals surface area (Å²) in [4.78, 5) is 0. The molecule has 0 atom stereocenters. The molecule has 0 unspecified atom stereocenters. The van der Waals surface area contributed by atoms with Gasteiger partial charge < -0.3 is 9.84 Å². The first-order valence-electron chi connectivity index (χ1n) is 8.93. The fourth-order valence-corrected chi connectivity index (χ4v) is 3.43. The molecule has 0 amide bonds. The van der Waals surface area contributed by atoms with Gasteiger partial charge in [0.05, 0.1) is 11.3 Å². The van der Waals surface area contributed by atoms with Crippen LogP contribution >= 0.6 is 0 Å². The van der Waals surface area contributed by atoms with Crippen LogP contribution in [0.3, 0.4) is 0 Å². The molecule has 2 aromatic rings. The third-order valence-electron chi connectivity index (χ3n) is 4.70.